The summed E-state index contributed by atoms with van der Waals surface area (Å²) >= 11 is 3.35. The number of amides is 1. The summed E-state index contributed by atoms with van der Waals surface area (Å²) in [5, 5.41) is 2.79. The van der Waals surface area contributed by atoms with E-state index in [1.165, 1.54) is 0 Å². The summed E-state index contributed by atoms with van der Waals surface area (Å²) in [6.07, 6.45) is 0.285. The number of oxazole rings is 1. The lowest BCUT2D eigenvalue weighted by molar-refractivity contribution is -0.115. The predicted molar refractivity (Wildman–Crippen MR) is 83.3 cm³/mol. The molecule has 3 aromatic rings. The highest BCUT2D eigenvalue weighted by atomic mass is 79.9. The zero-order valence-electron chi connectivity index (χ0n) is 10.9. The number of carbonyl (C=O) groups is 1. The molecule has 2 aromatic carbocycles. The van der Waals surface area contributed by atoms with Crippen molar-refractivity contribution in [1.82, 2.24) is 4.98 Å². The Kier molecular flexibility index (Phi) is 3.62. The minimum atomic E-state index is -0.511. The molecular formula is C15H11BrN2O3. The molecule has 0 spiro atoms. The smallest absolute Gasteiger partial charge is 0.408 e. The van der Waals surface area contributed by atoms with Crippen LogP contribution in [0.2, 0.25) is 0 Å². The number of halogens is 1. The van der Waals surface area contributed by atoms with Gasteiger partial charge in [0.1, 0.15) is 0 Å². The van der Waals surface area contributed by atoms with Gasteiger partial charge in [-0.1, -0.05) is 28.1 Å². The Balaban J connectivity index is 1.73. The Hall–Kier alpha value is -2.34. The lowest BCUT2D eigenvalue weighted by atomic mass is 10.1. The fourth-order valence-corrected chi connectivity index (χ4v) is 2.29. The molecule has 2 N–H and O–H groups in total. The minimum absolute atomic E-state index is 0.123. The highest BCUT2D eigenvalue weighted by Crippen LogP contribution is 2.17. The van der Waals surface area contributed by atoms with Gasteiger partial charge in [-0.25, -0.2) is 4.79 Å². The molecule has 0 unspecified atom stereocenters. The molecule has 6 heteroatoms. The van der Waals surface area contributed by atoms with Crippen LogP contribution in [0.1, 0.15) is 5.56 Å². The Morgan fingerprint density at radius 1 is 1.19 bits per heavy atom. The molecule has 0 bridgehead atoms. The number of aromatic nitrogens is 1. The molecule has 0 saturated heterocycles. The summed E-state index contributed by atoms with van der Waals surface area (Å²) < 4.78 is 5.88. The highest BCUT2D eigenvalue weighted by molar-refractivity contribution is 9.10. The maximum absolute atomic E-state index is 12.0. The van der Waals surface area contributed by atoms with E-state index in [2.05, 4.69) is 26.2 Å². The third kappa shape index (κ3) is 3.22. The van der Waals surface area contributed by atoms with E-state index < -0.39 is 5.76 Å². The number of carbonyl (C=O) groups excluding carboxylic acids is 1. The number of anilines is 1. The summed E-state index contributed by atoms with van der Waals surface area (Å²) in [5.41, 5.74) is 2.56. The second-order valence-corrected chi connectivity index (χ2v) is 5.49. The number of fused-ring (bicyclic) bond motifs is 1. The van der Waals surface area contributed by atoms with Gasteiger partial charge in [-0.3, -0.25) is 9.78 Å². The van der Waals surface area contributed by atoms with E-state index in [9.17, 15) is 9.59 Å². The van der Waals surface area contributed by atoms with Gasteiger partial charge in [0.05, 0.1) is 11.9 Å². The first-order chi connectivity index (χ1) is 10.1. The first-order valence-electron chi connectivity index (χ1n) is 6.27. The van der Waals surface area contributed by atoms with Crippen LogP contribution in [-0.2, 0) is 11.2 Å². The summed E-state index contributed by atoms with van der Waals surface area (Å²) in [6, 6.07) is 12.6. The Morgan fingerprint density at radius 3 is 2.71 bits per heavy atom. The number of benzene rings is 2. The van der Waals surface area contributed by atoms with Crippen LogP contribution >= 0.6 is 15.9 Å². The highest BCUT2D eigenvalue weighted by Gasteiger charge is 2.06. The van der Waals surface area contributed by atoms with E-state index in [1.807, 2.05) is 24.3 Å². The van der Waals surface area contributed by atoms with Gasteiger partial charge < -0.3 is 9.73 Å². The van der Waals surface area contributed by atoms with Crippen LogP contribution in [-0.4, -0.2) is 10.9 Å². The van der Waals surface area contributed by atoms with E-state index in [0.29, 0.717) is 16.8 Å². The molecule has 0 radical (unpaired) electrons. The summed E-state index contributed by atoms with van der Waals surface area (Å²) in [4.78, 5) is 25.6. The van der Waals surface area contributed by atoms with Crippen LogP contribution in [0.4, 0.5) is 5.69 Å². The van der Waals surface area contributed by atoms with Crippen LogP contribution in [0, 0.1) is 0 Å². The Bertz CT molecular complexity index is 849. The Labute approximate surface area is 128 Å². The fourth-order valence-electron chi connectivity index (χ4n) is 2.02. The van der Waals surface area contributed by atoms with Gasteiger partial charge in [-0.05, 0) is 35.9 Å². The molecule has 21 heavy (non-hydrogen) atoms. The van der Waals surface area contributed by atoms with E-state index in [0.717, 1.165) is 10.0 Å². The van der Waals surface area contributed by atoms with Gasteiger partial charge in [-0.15, -0.1) is 0 Å². The summed E-state index contributed by atoms with van der Waals surface area (Å²) in [5.74, 6) is -0.633. The van der Waals surface area contributed by atoms with Crippen molar-refractivity contribution < 1.29 is 9.21 Å². The third-order valence-corrected chi connectivity index (χ3v) is 3.51. The van der Waals surface area contributed by atoms with Crippen molar-refractivity contribution in [2.75, 3.05) is 5.32 Å². The van der Waals surface area contributed by atoms with Crippen LogP contribution in [0.25, 0.3) is 11.1 Å². The van der Waals surface area contributed by atoms with Gasteiger partial charge >= 0.3 is 5.76 Å². The second kappa shape index (κ2) is 5.57. The van der Waals surface area contributed by atoms with Gasteiger partial charge in [0.25, 0.3) is 0 Å². The molecule has 0 aliphatic rings. The molecule has 106 valence electrons. The van der Waals surface area contributed by atoms with Crippen LogP contribution in [0.15, 0.2) is 56.1 Å². The third-order valence-electron chi connectivity index (χ3n) is 2.98. The van der Waals surface area contributed by atoms with Crippen LogP contribution in [0.3, 0.4) is 0 Å². The first-order valence-corrected chi connectivity index (χ1v) is 7.06. The first kappa shape index (κ1) is 13.6. The predicted octanol–water partition coefficient (Wildman–Crippen LogP) is 3.06. The van der Waals surface area contributed by atoms with Gasteiger partial charge in [-0.2, -0.15) is 0 Å². The number of hydrogen-bond donors (Lipinski definition) is 2. The normalized spacial score (nSPS) is 10.7. The quantitative estimate of drug-likeness (QED) is 0.765. The minimum Gasteiger partial charge on any atom is -0.408 e. The molecule has 0 fully saturated rings. The zero-order valence-corrected chi connectivity index (χ0v) is 12.4. The number of H-pyrrole nitrogens is 1. The Morgan fingerprint density at radius 2 is 1.95 bits per heavy atom. The molecule has 0 saturated carbocycles. The SMILES string of the molecule is O=C(Cc1ccc(Br)cc1)Nc1ccc2oc(=O)[nH]c2c1. The summed E-state index contributed by atoms with van der Waals surface area (Å²) in [6.45, 7) is 0. The van der Waals surface area contributed by atoms with Crippen molar-refractivity contribution in [2.24, 2.45) is 0 Å². The monoisotopic (exact) mass is 346 g/mol. The van der Waals surface area contributed by atoms with Crippen molar-refractivity contribution in [1.29, 1.82) is 0 Å². The molecule has 5 nitrogen and oxygen atoms in total. The van der Waals surface area contributed by atoms with E-state index in [-0.39, 0.29) is 12.3 Å². The lowest BCUT2D eigenvalue weighted by Gasteiger charge is -2.05. The molecule has 1 heterocycles. The standard InChI is InChI=1S/C15H11BrN2O3/c16-10-3-1-9(2-4-10)7-14(19)17-11-5-6-13-12(8-11)18-15(20)21-13/h1-6,8H,7H2,(H,17,19)(H,18,20). The number of nitrogens with one attached hydrogen (secondary N) is 2. The van der Waals surface area contributed by atoms with Crippen molar-refractivity contribution in [3.8, 4) is 0 Å². The average Bonchev–Trinajstić information content (AvgIpc) is 2.80. The van der Waals surface area contributed by atoms with Gasteiger partial charge in [0, 0.05) is 10.2 Å². The molecular weight excluding hydrogens is 336 g/mol. The van der Waals surface area contributed by atoms with Gasteiger partial charge in [0.15, 0.2) is 5.58 Å². The van der Waals surface area contributed by atoms with E-state index >= 15 is 0 Å². The molecule has 0 atom stereocenters. The molecule has 1 amide bonds. The number of rotatable bonds is 3. The largest absolute Gasteiger partial charge is 0.417 e. The van der Waals surface area contributed by atoms with Crippen molar-refractivity contribution in [3.05, 3.63) is 63.1 Å². The number of aromatic amines is 1. The van der Waals surface area contributed by atoms with Gasteiger partial charge in [0.2, 0.25) is 5.91 Å². The zero-order chi connectivity index (χ0) is 14.8. The second-order valence-electron chi connectivity index (χ2n) is 4.58. The summed E-state index contributed by atoms with van der Waals surface area (Å²) in [7, 11) is 0. The molecule has 0 aliphatic heterocycles. The van der Waals surface area contributed by atoms with Crippen molar-refractivity contribution in [3.63, 3.8) is 0 Å². The maximum atomic E-state index is 12.0. The van der Waals surface area contributed by atoms with Crippen LogP contribution in [0.5, 0.6) is 0 Å². The maximum Gasteiger partial charge on any atom is 0.417 e. The molecule has 3 rings (SSSR count). The lowest BCUT2D eigenvalue weighted by Crippen LogP contribution is -2.14. The fraction of sp³-hybridized carbons (Fsp3) is 0.0667. The van der Waals surface area contributed by atoms with E-state index in [1.54, 1.807) is 18.2 Å². The molecule has 0 aliphatic carbocycles. The average molecular weight is 347 g/mol. The number of hydrogen-bond acceptors (Lipinski definition) is 3. The molecule has 1 aromatic heterocycles. The van der Waals surface area contributed by atoms with Crippen molar-refractivity contribution >= 4 is 38.6 Å². The van der Waals surface area contributed by atoms with Crippen LogP contribution < -0.4 is 11.1 Å². The topological polar surface area (TPSA) is 75.1 Å². The van der Waals surface area contributed by atoms with E-state index in [4.69, 9.17) is 4.42 Å². The van der Waals surface area contributed by atoms with Crippen molar-refractivity contribution in [2.45, 2.75) is 6.42 Å².